The van der Waals surface area contributed by atoms with Gasteiger partial charge in [0, 0.05) is 48.2 Å². The number of amides is 2. The predicted molar refractivity (Wildman–Crippen MR) is 128 cm³/mol. The number of benzene rings is 2. The van der Waals surface area contributed by atoms with Gasteiger partial charge < -0.3 is 10.2 Å². The van der Waals surface area contributed by atoms with E-state index < -0.39 is 11.4 Å². The SMILES string of the molecule is CC1=NN(C(=O)CCCCC(=O)N2N=C(C)C[C@]2(O)c2ccccc2)[C@@](O)(c2ccccc2)C1. The van der Waals surface area contributed by atoms with Gasteiger partial charge in [-0.2, -0.15) is 20.2 Å². The Bertz CT molecular complexity index is 1030. The number of hydrogen-bond acceptors (Lipinski definition) is 6. The molecule has 0 aliphatic carbocycles. The second kappa shape index (κ2) is 9.48. The molecule has 2 atom stereocenters. The first-order valence-corrected chi connectivity index (χ1v) is 11.5. The average molecular weight is 463 g/mol. The Morgan fingerprint density at radius 3 is 1.44 bits per heavy atom. The molecule has 0 bridgehead atoms. The maximum Gasteiger partial charge on any atom is 0.245 e. The van der Waals surface area contributed by atoms with Crippen molar-refractivity contribution in [1.29, 1.82) is 0 Å². The van der Waals surface area contributed by atoms with Crippen LogP contribution in [0.1, 0.15) is 63.5 Å². The van der Waals surface area contributed by atoms with Crippen LogP contribution < -0.4 is 0 Å². The number of nitrogens with zero attached hydrogens (tertiary/aromatic N) is 4. The normalized spacial score (nSPS) is 24.2. The van der Waals surface area contributed by atoms with Crippen LogP contribution in [0.2, 0.25) is 0 Å². The molecule has 0 aromatic heterocycles. The monoisotopic (exact) mass is 462 g/mol. The summed E-state index contributed by atoms with van der Waals surface area (Å²) < 4.78 is 0. The largest absolute Gasteiger partial charge is 0.365 e. The van der Waals surface area contributed by atoms with Crippen molar-refractivity contribution in [2.45, 2.75) is 63.8 Å². The van der Waals surface area contributed by atoms with Gasteiger partial charge in [0.15, 0.2) is 11.4 Å². The van der Waals surface area contributed by atoms with E-state index in [2.05, 4.69) is 10.2 Å². The second-order valence-electron chi connectivity index (χ2n) is 9.01. The molecule has 2 aliphatic rings. The zero-order valence-electron chi connectivity index (χ0n) is 19.5. The smallest absolute Gasteiger partial charge is 0.245 e. The summed E-state index contributed by atoms with van der Waals surface area (Å²) >= 11 is 0. The second-order valence-corrected chi connectivity index (χ2v) is 9.01. The van der Waals surface area contributed by atoms with Gasteiger partial charge in [-0.3, -0.25) is 9.59 Å². The molecule has 4 rings (SSSR count). The first-order valence-electron chi connectivity index (χ1n) is 11.5. The van der Waals surface area contributed by atoms with E-state index in [1.165, 1.54) is 10.0 Å². The van der Waals surface area contributed by atoms with E-state index in [-0.39, 0.29) is 37.5 Å². The molecule has 8 heteroatoms. The molecule has 2 aliphatic heterocycles. The number of carbonyl (C=O) groups excluding carboxylic acids is 2. The summed E-state index contributed by atoms with van der Waals surface area (Å²) in [6.45, 7) is 3.57. The molecule has 8 nitrogen and oxygen atoms in total. The van der Waals surface area contributed by atoms with Gasteiger partial charge in [0.2, 0.25) is 11.8 Å². The summed E-state index contributed by atoms with van der Waals surface area (Å²) in [4.78, 5) is 25.8. The summed E-state index contributed by atoms with van der Waals surface area (Å²) in [7, 11) is 0. The Hall–Kier alpha value is -3.36. The highest BCUT2D eigenvalue weighted by atomic mass is 16.3. The van der Waals surface area contributed by atoms with Crippen molar-refractivity contribution in [3.05, 3.63) is 71.8 Å². The van der Waals surface area contributed by atoms with Crippen molar-refractivity contribution in [1.82, 2.24) is 10.0 Å². The lowest BCUT2D eigenvalue weighted by atomic mass is 9.97. The molecule has 0 saturated heterocycles. The number of unbranched alkanes of at least 4 members (excludes halogenated alkanes) is 1. The Morgan fingerprint density at radius 1 is 0.735 bits per heavy atom. The zero-order chi connectivity index (χ0) is 24.3. The van der Waals surface area contributed by atoms with Gasteiger partial charge >= 0.3 is 0 Å². The van der Waals surface area contributed by atoms with Gasteiger partial charge in [0.25, 0.3) is 0 Å². The highest BCUT2D eigenvalue weighted by molar-refractivity contribution is 5.90. The molecule has 34 heavy (non-hydrogen) atoms. The molecule has 2 N–H and O–H groups in total. The van der Waals surface area contributed by atoms with E-state index >= 15 is 0 Å². The minimum absolute atomic E-state index is 0.143. The Labute approximate surface area is 199 Å². The maximum absolute atomic E-state index is 12.9. The minimum atomic E-state index is -1.49. The number of hydrazone groups is 2. The third-order valence-electron chi connectivity index (χ3n) is 6.22. The van der Waals surface area contributed by atoms with Crippen LogP contribution in [0.4, 0.5) is 0 Å². The minimum Gasteiger partial charge on any atom is -0.365 e. The highest BCUT2D eigenvalue weighted by Crippen LogP contribution is 2.37. The Morgan fingerprint density at radius 2 is 1.09 bits per heavy atom. The molecule has 0 radical (unpaired) electrons. The van der Waals surface area contributed by atoms with Crippen LogP contribution in [-0.2, 0) is 21.0 Å². The van der Waals surface area contributed by atoms with Gasteiger partial charge in [-0.25, -0.2) is 0 Å². The fourth-order valence-corrected chi connectivity index (χ4v) is 4.59. The van der Waals surface area contributed by atoms with E-state index in [1.54, 1.807) is 38.1 Å². The zero-order valence-corrected chi connectivity index (χ0v) is 19.5. The van der Waals surface area contributed by atoms with E-state index in [0.717, 1.165) is 0 Å². The standard InChI is InChI=1S/C26H30N4O4/c1-19-17-25(33,21-11-5-3-6-12-21)29(27-19)23(31)15-9-10-16-24(32)30-26(34,18-20(2)28-30)22-13-7-4-8-14-22/h3-8,11-14,33-34H,9-10,15-18H2,1-2H3/t25-,26-/m0/s1. The van der Waals surface area contributed by atoms with E-state index in [0.29, 0.717) is 35.4 Å². The number of carbonyl (C=O) groups is 2. The highest BCUT2D eigenvalue weighted by Gasteiger charge is 2.45. The molecule has 2 aromatic carbocycles. The quantitative estimate of drug-likeness (QED) is 0.615. The lowest BCUT2D eigenvalue weighted by molar-refractivity contribution is -0.160. The molecular weight excluding hydrogens is 432 g/mol. The molecule has 0 saturated carbocycles. The van der Waals surface area contributed by atoms with E-state index in [1.807, 2.05) is 36.4 Å². The number of aliphatic hydroxyl groups is 2. The summed E-state index contributed by atoms with van der Waals surface area (Å²) in [6, 6.07) is 18.1. The third kappa shape index (κ3) is 4.51. The summed E-state index contributed by atoms with van der Waals surface area (Å²) in [6.07, 6.45) is 1.69. The fourth-order valence-electron chi connectivity index (χ4n) is 4.59. The molecule has 0 unspecified atom stereocenters. The van der Waals surface area contributed by atoms with Gasteiger partial charge in [0.1, 0.15) is 0 Å². The lowest BCUT2D eigenvalue weighted by Crippen LogP contribution is -2.43. The molecule has 178 valence electrons. The van der Waals surface area contributed by atoms with Crippen molar-refractivity contribution in [2.75, 3.05) is 0 Å². The van der Waals surface area contributed by atoms with Crippen LogP contribution in [0.25, 0.3) is 0 Å². The lowest BCUT2D eigenvalue weighted by Gasteiger charge is -2.32. The summed E-state index contributed by atoms with van der Waals surface area (Å²) in [5, 5.41) is 33.4. The molecule has 0 spiro atoms. The fraction of sp³-hybridized carbons (Fsp3) is 0.385. The number of hydrogen-bond donors (Lipinski definition) is 2. The van der Waals surface area contributed by atoms with Crippen molar-refractivity contribution in [2.24, 2.45) is 10.2 Å². The average Bonchev–Trinajstić information content (AvgIpc) is 3.33. The van der Waals surface area contributed by atoms with E-state index in [9.17, 15) is 19.8 Å². The van der Waals surface area contributed by atoms with Gasteiger partial charge in [-0.05, 0) is 26.7 Å². The summed E-state index contributed by atoms with van der Waals surface area (Å²) in [5.41, 5.74) is -0.406. The van der Waals surface area contributed by atoms with Crippen molar-refractivity contribution in [3.63, 3.8) is 0 Å². The van der Waals surface area contributed by atoms with Gasteiger partial charge in [0.05, 0.1) is 0 Å². The first-order chi connectivity index (χ1) is 16.2. The predicted octanol–water partition coefficient (Wildman–Crippen LogP) is 3.45. The van der Waals surface area contributed by atoms with Crippen molar-refractivity contribution < 1.29 is 19.8 Å². The van der Waals surface area contributed by atoms with Gasteiger partial charge in [-0.15, -0.1) is 0 Å². The van der Waals surface area contributed by atoms with Crippen LogP contribution in [0.3, 0.4) is 0 Å². The third-order valence-corrected chi connectivity index (χ3v) is 6.22. The molecular formula is C26H30N4O4. The maximum atomic E-state index is 12.9. The molecule has 2 heterocycles. The van der Waals surface area contributed by atoms with Crippen LogP contribution in [-0.4, -0.2) is 43.5 Å². The summed E-state index contributed by atoms with van der Waals surface area (Å²) in [5.74, 6) is -0.599. The molecule has 2 amide bonds. The van der Waals surface area contributed by atoms with Crippen LogP contribution in [0, 0.1) is 0 Å². The number of rotatable bonds is 7. The van der Waals surface area contributed by atoms with Crippen LogP contribution in [0.5, 0.6) is 0 Å². The Kier molecular flexibility index (Phi) is 6.63. The van der Waals surface area contributed by atoms with Crippen LogP contribution in [0.15, 0.2) is 70.9 Å². The molecule has 2 aromatic rings. The first kappa shape index (κ1) is 23.8. The Balaban J connectivity index is 1.35. The van der Waals surface area contributed by atoms with E-state index in [4.69, 9.17) is 0 Å². The van der Waals surface area contributed by atoms with Crippen molar-refractivity contribution in [3.8, 4) is 0 Å². The van der Waals surface area contributed by atoms with Gasteiger partial charge in [-0.1, -0.05) is 60.7 Å². The molecule has 0 fully saturated rings. The van der Waals surface area contributed by atoms with Crippen LogP contribution >= 0.6 is 0 Å². The topological polar surface area (TPSA) is 106 Å². The van der Waals surface area contributed by atoms with Crippen molar-refractivity contribution >= 4 is 23.2 Å².